The highest BCUT2D eigenvalue weighted by molar-refractivity contribution is 5.96. The smallest absolute Gasteiger partial charge is 0.426 e. The number of rotatable bonds is 2. The maximum atomic E-state index is 13.1. The zero-order valence-corrected chi connectivity index (χ0v) is 14.2. The van der Waals surface area contributed by atoms with Crippen LogP contribution in [0, 0.1) is 0 Å². The van der Waals surface area contributed by atoms with Crippen LogP contribution in [0.2, 0.25) is 0 Å². The highest BCUT2D eigenvalue weighted by atomic mass is 19.4. The van der Waals surface area contributed by atoms with Gasteiger partial charge in [0.25, 0.3) is 5.91 Å². The molecule has 138 valence electrons. The minimum atomic E-state index is -4.70. The minimum absolute atomic E-state index is 0.374. The van der Waals surface area contributed by atoms with E-state index >= 15 is 0 Å². The molecular weight excluding hydrogens is 339 g/mol. The van der Waals surface area contributed by atoms with Gasteiger partial charge in [-0.05, 0) is 46.1 Å². The number of aromatic nitrogens is 1. The maximum Gasteiger partial charge on any atom is 0.426 e. The number of alkyl halides is 3. The SMILES string of the molecule is CC(C)(C)OC(=O)NN(C(=O)c1cnccc1C(F)(F)F)C1CCC1. The highest BCUT2D eigenvalue weighted by Crippen LogP contribution is 2.33. The molecule has 0 atom stereocenters. The molecule has 1 aromatic rings. The number of carbonyl (C=O) groups is 2. The molecule has 0 aliphatic heterocycles. The molecule has 2 amide bonds. The molecule has 0 radical (unpaired) electrons. The quantitative estimate of drug-likeness (QED) is 0.820. The first-order valence-corrected chi connectivity index (χ1v) is 7.83. The van der Waals surface area contributed by atoms with Crippen molar-refractivity contribution in [2.75, 3.05) is 0 Å². The summed E-state index contributed by atoms with van der Waals surface area (Å²) in [5.74, 6) is -0.962. The number of nitrogens with zero attached hydrogens (tertiary/aromatic N) is 2. The fourth-order valence-electron chi connectivity index (χ4n) is 2.29. The number of ether oxygens (including phenoxy) is 1. The zero-order chi connectivity index (χ0) is 18.8. The summed E-state index contributed by atoms with van der Waals surface area (Å²) in [5.41, 5.74) is -0.229. The molecule has 1 aliphatic carbocycles. The number of pyridine rings is 1. The van der Waals surface area contributed by atoms with Gasteiger partial charge in [0.1, 0.15) is 5.60 Å². The topological polar surface area (TPSA) is 71.5 Å². The molecule has 1 aliphatic rings. The monoisotopic (exact) mass is 359 g/mol. The predicted molar refractivity (Wildman–Crippen MR) is 82.4 cm³/mol. The molecule has 1 fully saturated rings. The average molecular weight is 359 g/mol. The molecule has 9 heteroatoms. The van der Waals surface area contributed by atoms with Crippen LogP contribution in [0.25, 0.3) is 0 Å². The van der Waals surface area contributed by atoms with Crippen molar-refractivity contribution in [3.63, 3.8) is 0 Å². The van der Waals surface area contributed by atoms with E-state index in [0.29, 0.717) is 12.8 Å². The van der Waals surface area contributed by atoms with Crippen molar-refractivity contribution < 1.29 is 27.5 Å². The average Bonchev–Trinajstić information content (AvgIpc) is 2.41. The number of amides is 2. The molecular formula is C16H20F3N3O3. The fourth-order valence-corrected chi connectivity index (χ4v) is 2.29. The lowest BCUT2D eigenvalue weighted by molar-refractivity contribution is -0.138. The standard InChI is InChI=1S/C16H20F3N3O3/c1-15(2,3)25-14(24)21-22(10-5-4-6-10)13(23)11-9-20-8-7-12(11)16(17,18)19/h7-10H,4-6H2,1-3H3,(H,21,24). The van der Waals surface area contributed by atoms with Gasteiger partial charge in [0.15, 0.2) is 0 Å². The molecule has 0 unspecified atom stereocenters. The first kappa shape index (κ1) is 19.0. The Morgan fingerprint density at radius 1 is 1.28 bits per heavy atom. The lowest BCUT2D eigenvalue weighted by Crippen LogP contribution is -2.55. The van der Waals surface area contributed by atoms with Crippen LogP contribution >= 0.6 is 0 Å². The largest absolute Gasteiger partial charge is 0.443 e. The van der Waals surface area contributed by atoms with Gasteiger partial charge in [-0.25, -0.2) is 15.2 Å². The highest BCUT2D eigenvalue weighted by Gasteiger charge is 2.39. The third-order valence-corrected chi connectivity index (χ3v) is 3.63. The maximum absolute atomic E-state index is 13.1. The molecule has 1 N–H and O–H groups in total. The van der Waals surface area contributed by atoms with Crippen molar-refractivity contribution in [1.29, 1.82) is 0 Å². The van der Waals surface area contributed by atoms with Crippen LogP contribution in [0.1, 0.15) is 56.0 Å². The summed E-state index contributed by atoms with van der Waals surface area (Å²) in [6.07, 6.45) is -1.78. The van der Waals surface area contributed by atoms with E-state index in [0.717, 1.165) is 29.9 Å². The van der Waals surface area contributed by atoms with Crippen molar-refractivity contribution in [2.24, 2.45) is 0 Å². The number of hydrogen-bond acceptors (Lipinski definition) is 4. The van der Waals surface area contributed by atoms with Crippen molar-refractivity contribution in [3.05, 3.63) is 29.6 Å². The molecule has 1 saturated carbocycles. The van der Waals surface area contributed by atoms with Gasteiger partial charge >= 0.3 is 12.3 Å². The molecule has 0 aromatic carbocycles. The van der Waals surface area contributed by atoms with E-state index in [1.54, 1.807) is 20.8 Å². The second kappa shape index (κ2) is 6.89. The third-order valence-electron chi connectivity index (χ3n) is 3.63. The Kier molecular flexibility index (Phi) is 5.24. The summed E-state index contributed by atoms with van der Waals surface area (Å²) in [6.45, 7) is 4.93. The summed E-state index contributed by atoms with van der Waals surface area (Å²) in [6, 6.07) is 0.362. The fraction of sp³-hybridized carbons (Fsp3) is 0.562. The summed E-state index contributed by atoms with van der Waals surface area (Å²) in [5, 5.41) is 0.920. The number of hydrazine groups is 1. The molecule has 1 heterocycles. The lowest BCUT2D eigenvalue weighted by atomic mass is 9.92. The molecule has 6 nitrogen and oxygen atoms in total. The van der Waals surface area contributed by atoms with Crippen molar-refractivity contribution in [1.82, 2.24) is 15.4 Å². The lowest BCUT2D eigenvalue weighted by Gasteiger charge is -2.37. The van der Waals surface area contributed by atoms with Crippen LogP contribution in [-0.4, -0.2) is 33.6 Å². The second-order valence-electron chi connectivity index (χ2n) is 6.79. The molecule has 25 heavy (non-hydrogen) atoms. The van der Waals surface area contributed by atoms with Crippen LogP contribution < -0.4 is 5.43 Å². The number of carbonyl (C=O) groups excluding carboxylic acids is 2. The van der Waals surface area contributed by atoms with Gasteiger partial charge in [-0.1, -0.05) is 0 Å². The van der Waals surface area contributed by atoms with Gasteiger partial charge in [0.05, 0.1) is 17.2 Å². The van der Waals surface area contributed by atoms with Gasteiger partial charge in [0.2, 0.25) is 0 Å². The molecule has 0 spiro atoms. The molecule has 1 aromatic heterocycles. The summed E-state index contributed by atoms with van der Waals surface area (Å²) >= 11 is 0. The summed E-state index contributed by atoms with van der Waals surface area (Å²) in [4.78, 5) is 28.2. The Morgan fingerprint density at radius 2 is 1.92 bits per heavy atom. The number of halogens is 3. The normalized spacial score (nSPS) is 15.3. The zero-order valence-electron chi connectivity index (χ0n) is 14.2. The van der Waals surface area contributed by atoms with E-state index in [4.69, 9.17) is 4.74 Å². The van der Waals surface area contributed by atoms with Crippen LogP contribution in [0.15, 0.2) is 18.5 Å². The van der Waals surface area contributed by atoms with E-state index in [1.807, 2.05) is 0 Å². The summed E-state index contributed by atoms with van der Waals surface area (Å²) in [7, 11) is 0. The first-order chi connectivity index (χ1) is 11.5. The number of hydrogen-bond donors (Lipinski definition) is 1. The molecule has 0 bridgehead atoms. The van der Waals surface area contributed by atoms with Crippen LogP contribution in [0.3, 0.4) is 0 Å². The Labute approximate surface area is 143 Å². The van der Waals surface area contributed by atoms with E-state index in [2.05, 4.69) is 10.4 Å². The Bertz CT molecular complexity index is 652. The molecule has 2 rings (SSSR count). The van der Waals surface area contributed by atoms with Crippen molar-refractivity contribution in [3.8, 4) is 0 Å². The van der Waals surface area contributed by atoms with Gasteiger partial charge in [-0.3, -0.25) is 9.78 Å². The second-order valence-corrected chi connectivity index (χ2v) is 6.79. The van der Waals surface area contributed by atoms with Crippen molar-refractivity contribution >= 4 is 12.0 Å². The number of nitrogens with one attached hydrogen (secondary N) is 1. The minimum Gasteiger partial charge on any atom is -0.443 e. The van der Waals surface area contributed by atoms with E-state index < -0.39 is 34.9 Å². The van der Waals surface area contributed by atoms with Crippen LogP contribution in [0.5, 0.6) is 0 Å². The molecule has 0 saturated heterocycles. The Hall–Kier alpha value is -2.32. The van der Waals surface area contributed by atoms with E-state index in [1.165, 1.54) is 0 Å². The van der Waals surface area contributed by atoms with Gasteiger partial charge in [-0.15, -0.1) is 0 Å². The van der Waals surface area contributed by atoms with Crippen LogP contribution in [0.4, 0.5) is 18.0 Å². The Morgan fingerprint density at radius 3 is 2.40 bits per heavy atom. The summed E-state index contributed by atoms with van der Waals surface area (Å²) < 4.78 is 44.5. The van der Waals surface area contributed by atoms with E-state index in [-0.39, 0.29) is 6.04 Å². The van der Waals surface area contributed by atoms with Crippen molar-refractivity contribution in [2.45, 2.75) is 57.9 Å². The first-order valence-electron chi connectivity index (χ1n) is 7.83. The predicted octanol–water partition coefficient (Wildman–Crippen LogP) is 3.53. The third kappa shape index (κ3) is 4.83. The van der Waals surface area contributed by atoms with Crippen LogP contribution in [-0.2, 0) is 10.9 Å². The van der Waals surface area contributed by atoms with Gasteiger partial charge in [-0.2, -0.15) is 13.2 Å². The van der Waals surface area contributed by atoms with E-state index in [9.17, 15) is 22.8 Å². The Balaban J connectivity index is 2.27. The van der Waals surface area contributed by atoms with Gasteiger partial charge in [0, 0.05) is 12.4 Å². The van der Waals surface area contributed by atoms with Gasteiger partial charge < -0.3 is 4.74 Å².